The third-order valence-electron chi connectivity index (χ3n) is 2.78. The molecule has 1 aromatic carbocycles. The van der Waals surface area contributed by atoms with Crippen molar-refractivity contribution in [2.45, 2.75) is 13.5 Å². The summed E-state index contributed by atoms with van der Waals surface area (Å²) in [5, 5.41) is 7.74. The Hall–Kier alpha value is -2.50. The summed E-state index contributed by atoms with van der Waals surface area (Å²) >= 11 is 0. The lowest BCUT2D eigenvalue weighted by Crippen LogP contribution is -2.15. The van der Waals surface area contributed by atoms with Gasteiger partial charge in [0, 0.05) is 5.56 Å². The molecule has 20 heavy (non-hydrogen) atoms. The molecular weight excluding hydrogens is 256 g/mol. The maximum atomic E-state index is 5.68. The summed E-state index contributed by atoms with van der Waals surface area (Å²) in [5.41, 5.74) is 4.19. The fraction of sp³-hybridized carbons (Fsp3) is 0.286. The Labute approximate surface area is 118 Å². The number of aromatic nitrogens is 3. The van der Waals surface area contributed by atoms with Crippen molar-refractivity contribution >= 4 is 0 Å². The van der Waals surface area contributed by atoms with Gasteiger partial charge in [0.2, 0.25) is 0 Å². The summed E-state index contributed by atoms with van der Waals surface area (Å²) in [4.78, 5) is 0. The Balaban J connectivity index is 2.17. The highest BCUT2D eigenvalue weighted by atomic mass is 16.5. The first-order chi connectivity index (χ1) is 9.76. The summed E-state index contributed by atoms with van der Waals surface area (Å²) < 4.78 is 12.8. The predicted molar refractivity (Wildman–Crippen MR) is 76.5 cm³/mol. The Morgan fingerprint density at radius 3 is 2.95 bits per heavy atom. The van der Waals surface area contributed by atoms with Gasteiger partial charge in [0.05, 0.1) is 13.7 Å². The van der Waals surface area contributed by atoms with Crippen molar-refractivity contribution in [1.29, 1.82) is 0 Å². The first kappa shape index (κ1) is 13.9. The molecule has 2 rings (SSSR count). The normalized spacial score (nSPS) is 10.1. The van der Waals surface area contributed by atoms with Gasteiger partial charge in [-0.2, -0.15) is 0 Å². The molecule has 0 aliphatic heterocycles. The van der Waals surface area contributed by atoms with Gasteiger partial charge < -0.3 is 14.9 Å². The Morgan fingerprint density at radius 2 is 2.30 bits per heavy atom. The van der Waals surface area contributed by atoms with Gasteiger partial charge in [-0.3, -0.25) is 0 Å². The molecule has 0 unspecified atom stereocenters. The third-order valence-corrected chi connectivity index (χ3v) is 2.78. The number of methoxy groups -OCH3 is 1. The van der Waals surface area contributed by atoms with Gasteiger partial charge in [-0.15, -0.1) is 10.2 Å². The van der Waals surface area contributed by atoms with Gasteiger partial charge in [-0.25, -0.2) is 4.68 Å². The molecule has 6 nitrogen and oxygen atoms in total. The van der Waals surface area contributed by atoms with E-state index in [-0.39, 0.29) is 0 Å². The van der Waals surface area contributed by atoms with Crippen LogP contribution >= 0.6 is 0 Å². The van der Waals surface area contributed by atoms with E-state index in [2.05, 4.69) is 22.2 Å². The molecule has 0 amide bonds. The maximum Gasteiger partial charge on any atom is 0.166 e. The number of rotatable bonds is 7. The fourth-order valence-corrected chi connectivity index (χ4v) is 1.79. The zero-order chi connectivity index (χ0) is 14.4. The van der Waals surface area contributed by atoms with Gasteiger partial charge in [0.15, 0.2) is 11.5 Å². The van der Waals surface area contributed by atoms with Crippen molar-refractivity contribution in [3.8, 4) is 11.5 Å². The Morgan fingerprint density at radius 1 is 1.45 bits per heavy atom. The quantitative estimate of drug-likeness (QED) is 0.781. The number of benzene rings is 1. The van der Waals surface area contributed by atoms with Crippen LogP contribution in [0.15, 0.2) is 37.2 Å². The molecule has 0 radical (unpaired) electrons. The Kier molecular flexibility index (Phi) is 4.60. The lowest BCUT2D eigenvalue weighted by atomic mass is 10.2. The van der Waals surface area contributed by atoms with Gasteiger partial charge in [-0.05, 0) is 13.0 Å². The van der Waals surface area contributed by atoms with Crippen LogP contribution in [0.2, 0.25) is 0 Å². The molecule has 106 valence electrons. The average Bonchev–Trinajstić information content (AvgIpc) is 2.88. The van der Waals surface area contributed by atoms with Gasteiger partial charge in [0.25, 0.3) is 0 Å². The second-order valence-corrected chi connectivity index (χ2v) is 4.13. The van der Waals surface area contributed by atoms with Gasteiger partial charge >= 0.3 is 0 Å². The number of ether oxygens (including phenoxy) is 2. The predicted octanol–water partition coefficient (Wildman–Crippen LogP) is 1.90. The molecule has 1 N–H and O–H groups in total. The van der Waals surface area contributed by atoms with Crippen LogP contribution in [-0.2, 0) is 6.54 Å². The van der Waals surface area contributed by atoms with E-state index >= 15 is 0 Å². The molecular formula is C14H18N4O2. The maximum absolute atomic E-state index is 5.68. The monoisotopic (exact) mass is 274 g/mol. The van der Waals surface area contributed by atoms with E-state index in [9.17, 15) is 0 Å². The zero-order valence-electron chi connectivity index (χ0n) is 11.7. The zero-order valence-corrected chi connectivity index (χ0v) is 11.7. The molecule has 0 aliphatic carbocycles. The highest BCUT2D eigenvalue weighted by Crippen LogP contribution is 2.31. The molecule has 0 spiro atoms. The van der Waals surface area contributed by atoms with Crippen LogP contribution in [0.5, 0.6) is 11.5 Å². The summed E-state index contributed by atoms with van der Waals surface area (Å²) in [6, 6.07) is 5.77. The number of para-hydroxylation sites is 1. The van der Waals surface area contributed by atoms with E-state index < -0.39 is 0 Å². The molecule has 1 heterocycles. The van der Waals surface area contributed by atoms with Gasteiger partial charge in [0.1, 0.15) is 18.8 Å². The Bertz CT molecular complexity index is 580. The van der Waals surface area contributed by atoms with Crippen LogP contribution < -0.4 is 14.9 Å². The topological polar surface area (TPSA) is 61.2 Å². The fourth-order valence-electron chi connectivity index (χ4n) is 1.79. The molecule has 0 bridgehead atoms. The third kappa shape index (κ3) is 3.09. The minimum Gasteiger partial charge on any atom is -0.493 e. The summed E-state index contributed by atoms with van der Waals surface area (Å²) in [5.74, 6) is 2.21. The summed E-state index contributed by atoms with van der Waals surface area (Å²) in [6.45, 7) is 6.53. The van der Waals surface area contributed by atoms with Crippen molar-refractivity contribution in [3.05, 3.63) is 48.6 Å². The summed E-state index contributed by atoms with van der Waals surface area (Å²) in [7, 11) is 1.62. The van der Waals surface area contributed by atoms with Gasteiger partial charge in [-0.1, -0.05) is 24.8 Å². The van der Waals surface area contributed by atoms with E-state index in [4.69, 9.17) is 9.47 Å². The highest BCUT2D eigenvalue weighted by molar-refractivity contribution is 5.47. The van der Waals surface area contributed by atoms with Crippen LogP contribution in [0.1, 0.15) is 11.4 Å². The molecule has 0 atom stereocenters. The summed E-state index contributed by atoms with van der Waals surface area (Å²) in [6.07, 6.45) is 3.33. The van der Waals surface area contributed by atoms with Crippen LogP contribution in [0.25, 0.3) is 0 Å². The molecule has 0 fully saturated rings. The molecule has 6 heteroatoms. The first-order valence-corrected chi connectivity index (χ1v) is 6.26. The standard InChI is InChI=1S/C14H18N4O2/c1-4-8-20-14-12(6-5-7-13(14)19-3)9-16-18-10-15-17-11(18)2/h4-7,10,16H,1,8-9H2,2-3H3. The smallest absolute Gasteiger partial charge is 0.166 e. The largest absolute Gasteiger partial charge is 0.493 e. The molecule has 0 saturated carbocycles. The van der Waals surface area contributed by atoms with Crippen LogP contribution in [0, 0.1) is 6.92 Å². The lowest BCUT2D eigenvalue weighted by Gasteiger charge is -2.15. The molecule has 2 aromatic rings. The number of nitrogens with one attached hydrogen (secondary N) is 1. The minimum atomic E-state index is 0.430. The number of hydrogen-bond donors (Lipinski definition) is 1. The van der Waals surface area contributed by atoms with Crippen LogP contribution in [0.3, 0.4) is 0 Å². The van der Waals surface area contributed by atoms with E-state index in [1.807, 2.05) is 25.1 Å². The van der Waals surface area contributed by atoms with Crippen LogP contribution in [0.4, 0.5) is 0 Å². The molecule has 1 aromatic heterocycles. The minimum absolute atomic E-state index is 0.430. The number of nitrogens with zero attached hydrogens (tertiary/aromatic N) is 3. The van der Waals surface area contributed by atoms with Crippen molar-refractivity contribution in [3.63, 3.8) is 0 Å². The molecule has 0 aliphatic rings. The van der Waals surface area contributed by atoms with Crippen molar-refractivity contribution < 1.29 is 9.47 Å². The molecule has 0 saturated heterocycles. The van der Waals surface area contributed by atoms with E-state index in [0.717, 1.165) is 11.4 Å². The van der Waals surface area contributed by atoms with Crippen molar-refractivity contribution in [1.82, 2.24) is 14.9 Å². The van der Waals surface area contributed by atoms with Crippen molar-refractivity contribution in [2.75, 3.05) is 19.1 Å². The van der Waals surface area contributed by atoms with E-state index in [0.29, 0.717) is 24.7 Å². The number of hydrogen-bond acceptors (Lipinski definition) is 5. The second-order valence-electron chi connectivity index (χ2n) is 4.13. The van der Waals surface area contributed by atoms with E-state index in [1.165, 1.54) is 0 Å². The SMILES string of the molecule is C=CCOc1c(CNn2cnnc2C)cccc1OC. The average molecular weight is 274 g/mol. The van der Waals surface area contributed by atoms with E-state index in [1.54, 1.807) is 24.2 Å². The highest BCUT2D eigenvalue weighted by Gasteiger charge is 2.10. The lowest BCUT2D eigenvalue weighted by molar-refractivity contribution is 0.323. The van der Waals surface area contributed by atoms with Crippen LogP contribution in [-0.4, -0.2) is 28.6 Å². The second kappa shape index (κ2) is 6.60. The van der Waals surface area contributed by atoms with Crippen molar-refractivity contribution in [2.24, 2.45) is 0 Å². The first-order valence-electron chi connectivity index (χ1n) is 6.26. The number of aryl methyl sites for hydroxylation is 1.